The third kappa shape index (κ3) is 2.64. The van der Waals surface area contributed by atoms with Gasteiger partial charge in [-0.1, -0.05) is 11.8 Å². The van der Waals surface area contributed by atoms with Crippen molar-refractivity contribution in [1.29, 1.82) is 0 Å². The highest BCUT2D eigenvalue weighted by atomic mass is 19.1. The Hall–Kier alpha value is -2.41. The Morgan fingerprint density at radius 1 is 0.944 bits per heavy atom. The molecule has 0 saturated heterocycles. The van der Waals surface area contributed by atoms with Gasteiger partial charge in [0, 0.05) is 11.6 Å². The zero-order valence-corrected chi connectivity index (χ0v) is 8.87. The number of hydrogen-bond acceptors (Lipinski definition) is 1. The zero-order valence-electron chi connectivity index (χ0n) is 12.9. The summed E-state index contributed by atoms with van der Waals surface area (Å²) in [7, 11) is 0. The number of rotatable bonds is 0. The Balaban J connectivity index is 2.64. The molecular weight excluding hydrogens is 239 g/mol. The van der Waals surface area contributed by atoms with Crippen LogP contribution in [0.3, 0.4) is 0 Å². The monoisotopic (exact) mass is 251 g/mol. The van der Waals surface area contributed by atoms with Crippen LogP contribution < -0.4 is 5.73 Å². The van der Waals surface area contributed by atoms with Gasteiger partial charge in [0.1, 0.15) is 17.5 Å². The first-order valence-corrected chi connectivity index (χ1v) is 4.76. The van der Waals surface area contributed by atoms with Gasteiger partial charge in [-0.25, -0.2) is 13.2 Å². The summed E-state index contributed by atoms with van der Waals surface area (Å²) < 4.78 is 69.6. The second kappa shape index (κ2) is 4.84. The summed E-state index contributed by atoms with van der Waals surface area (Å²) >= 11 is 0. The van der Waals surface area contributed by atoms with Gasteiger partial charge in [-0.15, -0.1) is 0 Å². The predicted octanol–water partition coefficient (Wildman–Crippen LogP) is 3.09. The predicted molar refractivity (Wildman–Crippen MR) is 63.2 cm³/mol. The Bertz CT molecular complexity index is 811. The fraction of sp³-hybridized carbons (Fsp3) is 0. The van der Waals surface area contributed by atoms with Crippen molar-refractivity contribution in [3.63, 3.8) is 0 Å². The standard InChI is InChI=1S/C14H8F3N/c15-11-5-2-9(3-6-11)1-4-10-7-12(16)8-13(17)14(10)18/h2-3,5-8H,18H2/i2D,3D,5D,6D. The van der Waals surface area contributed by atoms with E-state index < -0.39 is 47.3 Å². The first-order valence-electron chi connectivity index (χ1n) is 6.76. The van der Waals surface area contributed by atoms with Crippen LogP contribution in [-0.4, -0.2) is 0 Å². The molecule has 18 heavy (non-hydrogen) atoms. The van der Waals surface area contributed by atoms with Gasteiger partial charge in [-0.05, 0) is 30.2 Å². The molecule has 2 rings (SSSR count). The van der Waals surface area contributed by atoms with Crippen LogP contribution in [0, 0.1) is 29.3 Å². The van der Waals surface area contributed by atoms with Crippen molar-refractivity contribution in [2.75, 3.05) is 5.73 Å². The van der Waals surface area contributed by atoms with Gasteiger partial charge in [0.25, 0.3) is 0 Å². The summed E-state index contributed by atoms with van der Waals surface area (Å²) in [6.45, 7) is 0. The minimum absolute atomic E-state index is 0.210. The molecule has 0 aliphatic carbocycles. The van der Waals surface area contributed by atoms with E-state index in [0.717, 1.165) is 6.07 Å². The highest BCUT2D eigenvalue weighted by Crippen LogP contribution is 2.17. The third-order valence-electron chi connectivity index (χ3n) is 2.01. The number of benzene rings is 2. The second-order valence-corrected chi connectivity index (χ2v) is 3.29. The van der Waals surface area contributed by atoms with Crippen LogP contribution in [-0.2, 0) is 0 Å². The number of nitrogens with two attached hydrogens (primary N) is 1. The molecule has 90 valence electrons. The molecule has 0 amide bonds. The van der Waals surface area contributed by atoms with Crippen LogP contribution in [0.4, 0.5) is 18.9 Å². The van der Waals surface area contributed by atoms with Gasteiger partial charge >= 0.3 is 0 Å². The summed E-state index contributed by atoms with van der Waals surface area (Å²) in [5, 5.41) is 0. The van der Waals surface area contributed by atoms with E-state index in [1.54, 1.807) is 0 Å². The zero-order chi connectivity index (χ0) is 16.6. The maximum Gasteiger partial charge on any atom is 0.150 e. The average Bonchev–Trinajstić information content (AvgIpc) is 2.47. The van der Waals surface area contributed by atoms with Gasteiger partial charge < -0.3 is 5.73 Å². The first kappa shape index (κ1) is 7.83. The highest BCUT2D eigenvalue weighted by molar-refractivity contribution is 5.58. The molecule has 4 heteroatoms. The SMILES string of the molecule is [2H]c1c([2H])c(C#Cc2cc(F)cc(F)c2N)c([2H])c([2H])c1F. The summed E-state index contributed by atoms with van der Waals surface area (Å²) in [5.41, 5.74) is 4.39. The smallest absolute Gasteiger partial charge is 0.150 e. The average molecular weight is 251 g/mol. The van der Waals surface area contributed by atoms with E-state index in [-0.39, 0.29) is 11.1 Å². The number of halogens is 3. The fourth-order valence-electron chi connectivity index (χ4n) is 1.18. The van der Waals surface area contributed by atoms with Crippen LogP contribution >= 0.6 is 0 Å². The maximum atomic E-state index is 13.4. The first-order chi connectivity index (χ1) is 10.2. The lowest BCUT2D eigenvalue weighted by atomic mass is 10.1. The Morgan fingerprint density at radius 3 is 2.28 bits per heavy atom. The molecule has 0 radical (unpaired) electrons. The minimum Gasteiger partial charge on any atom is -0.395 e. The van der Waals surface area contributed by atoms with Crippen molar-refractivity contribution in [3.8, 4) is 11.8 Å². The van der Waals surface area contributed by atoms with Crippen LogP contribution in [0.15, 0.2) is 36.3 Å². The Labute approximate surface area is 108 Å². The van der Waals surface area contributed by atoms with E-state index in [9.17, 15) is 13.2 Å². The van der Waals surface area contributed by atoms with Crippen LogP contribution in [0.25, 0.3) is 0 Å². The van der Waals surface area contributed by atoms with Crippen LogP contribution in [0.1, 0.15) is 16.6 Å². The van der Waals surface area contributed by atoms with E-state index in [4.69, 9.17) is 11.2 Å². The van der Waals surface area contributed by atoms with Gasteiger partial charge in [0.15, 0.2) is 0 Å². The van der Waals surface area contributed by atoms with Gasteiger partial charge in [-0.3, -0.25) is 0 Å². The van der Waals surface area contributed by atoms with E-state index in [1.807, 2.05) is 0 Å². The van der Waals surface area contributed by atoms with Gasteiger partial charge in [0.2, 0.25) is 0 Å². The molecular formula is C14H8F3N. The van der Waals surface area contributed by atoms with Gasteiger partial charge in [0.05, 0.1) is 16.7 Å². The molecule has 2 N–H and O–H groups in total. The molecule has 0 aliphatic heterocycles. The van der Waals surface area contributed by atoms with Crippen molar-refractivity contribution in [2.45, 2.75) is 0 Å². The van der Waals surface area contributed by atoms with E-state index in [2.05, 4.69) is 11.8 Å². The molecule has 0 bridgehead atoms. The van der Waals surface area contributed by atoms with Crippen molar-refractivity contribution in [2.24, 2.45) is 0 Å². The highest BCUT2D eigenvalue weighted by Gasteiger charge is 2.05. The number of anilines is 1. The molecule has 0 fully saturated rings. The van der Waals surface area contributed by atoms with Crippen LogP contribution in [0.5, 0.6) is 0 Å². The Kier molecular flexibility index (Phi) is 2.11. The minimum atomic E-state index is -1.29. The number of nitrogen functional groups attached to an aromatic ring is 1. The molecule has 0 aliphatic rings. The maximum absolute atomic E-state index is 13.4. The lowest BCUT2D eigenvalue weighted by Gasteiger charge is -1.99. The van der Waals surface area contributed by atoms with Crippen molar-refractivity contribution >= 4 is 5.69 Å². The van der Waals surface area contributed by atoms with Crippen molar-refractivity contribution in [3.05, 3.63) is 64.9 Å². The molecule has 2 aromatic carbocycles. The quantitative estimate of drug-likeness (QED) is 0.565. The molecule has 0 unspecified atom stereocenters. The normalized spacial score (nSPS) is 12.8. The molecule has 0 aromatic heterocycles. The van der Waals surface area contributed by atoms with E-state index in [1.165, 1.54) is 0 Å². The topological polar surface area (TPSA) is 26.0 Å². The Morgan fingerprint density at radius 2 is 1.61 bits per heavy atom. The summed E-state index contributed by atoms with van der Waals surface area (Å²) in [5.74, 6) is 1.33. The molecule has 0 saturated carbocycles. The molecule has 0 spiro atoms. The van der Waals surface area contributed by atoms with Gasteiger partial charge in [-0.2, -0.15) is 0 Å². The number of hydrogen-bond donors (Lipinski definition) is 1. The molecule has 0 heterocycles. The third-order valence-corrected chi connectivity index (χ3v) is 2.01. The van der Waals surface area contributed by atoms with Crippen molar-refractivity contribution in [1.82, 2.24) is 0 Å². The lowest BCUT2D eigenvalue weighted by molar-refractivity contribution is 0.585. The summed E-state index contributed by atoms with van der Waals surface area (Å²) in [6.07, 6.45) is 0. The largest absolute Gasteiger partial charge is 0.395 e. The molecule has 0 atom stereocenters. The van der Waals surface area contributed by atoms with E-state index >= 15 is 0 Å². The summed E-state index contributed by atoms with van der Waals surface area (Å²) in [4.78, 5) is 0. The summed E-state index contributed by atoms with van der Waals surface area (Å²) in [6, 6.07) is -1.66. The van der Waals surface area contributed by atoms with Crippen molar-refractivity contribution < 1.29 is 18.7 Å². The molecule has 2 aromatic rings. The van der Waals surface area contributed by atoms with Crippen LogP contribution in [0.2, 0.25) is 0 Å². The second-order valence-electron chi connectivity index (χ2n) is 3.29. The fourth-order valence-corrected chi connectivity index (χ4v) is 1.18. The van der Waals surface area contributed by atoms with E-state index in [0.29, 0.717) is 6.07 Å². The molecule has 1 nitrogen and oxygen atoms in total. The lowest BCUT2D eigenvalue weighted by Crippen LogP contribution is -1.96.